The fourth-order valence-corrected chi connectivity index (χ4v) is 5.79. The molecule has 0 spiro atoms. The van der Waals surface area contributed by atoms with Gasteiger partial charge in [0.2, 0.25) is 5.95 Å². The van der Waals surface area contributed by atoms with Gasteiger partial charge in [0.05, 0.1) is 22.4 Å². The van der Waals surface area contributed by atoms with Crippen LogP contribution in [-0.2, 0) is 0 Å². The third-order valence-electron chi connectivity index (χ3n) is 8.22. The van der Waals surface area contributed by atoms with Crippen molar-refractivity contribution in [3.8, 4) is 51.5 Å². The minimum absolute atomic E-state index is 0.559. The van der Waals surface area contributed by atoms with E-state index in [9.17, 15) is 0 Å². The number of aromatic nitrogens is 5. The molecule has 8 aromatic rings. The van der Waals surface area contributed by atoms with Gasteiger partial charge < -0.3 is 9.47 Å². The molecular formula is C40H29N5O2. The molecule has 7 nitrogen and oxygen atoms in total. The summed E-state index contributed by atoms with van der Waals surface area (Å²) in [7, 11) is 0. The summed E-state index contributed by atoms with van der Waals surface area (Å²) >= 11 is 0. The normalized spacial score (nSPS) is 11.2. The molecule has 47 heavy (non-hydrogen) atoms. The molecule has 0 bridgehead atoms. The maximum Gasteiger partial charge on any atom is 0.234 e. The first-order valence-corrected chi connectivity index (χ1v) is 15.4. The Labute approximate surface area is 271 Å². The summed E-state index contributed by atoms with van der Waals surface area (Å²) in [4.78, 5) is 18.3. The highest BCUT2D eigenvalue weighted by atomic mass is 16.5. The summed E-state index contributed by atoms with van der Waals surface area (Å²) in [6.45, 7) is 4.08. The van der Waals surface area contributed by atoms with Crippen molar-refractivity contribution in [2.24, 2.45) is 0 Å². The Hall–Kier alpha value is -6.34. The Bertz CT molecular complexity index is 2220. The average Bonchev–Trinajstić information content (AvgIpc) is 3.44. The van der Waals surface area contributed by atoms with Gasteiger partial charge in [0.15, 0.2) is 0 Å². The second-order valence-corrected chi connectivity index (χ2v) is 11.3. The van der Waals surface area contributed by atoms with Gasteiger partial charge in [0.25, 0.3) is 0 Å². The number of nitrogens with zero attached hydrogens (tertiary/aromatic N) is 5. The zero-order valence-corrected chi connectivity index (χ0v) is 25.8. The Kier molecular flexibility index (Phi) is 7.11. The predicted molar refractivity (Wildman–Crippen MR) is 185 cm³/mol. The summed E-state index contributed by atoms with van der Waals surface area (Å²) in [6.07, 6.45) is 7.09. The third kappa shape index (κ3) is 5.44. The second kappa shape index (κ2) is 11.9. The van der Waals surface area contributed by atoms with Crippen LogP contribution in [0.2, 0.25) is 0 Å². The monoisotopic (exact) mass is 611 g/mol. The summed E-state index contributed by atoms with van der Waals surface area (Å²) < 4.78 is 15.1. The van der Waals surface area contributed by atoms with Gasteiger partial charge in [-0.2, -0.15) is 0 Å². The summed E-state index contributed by atoms with van der Waals surface area (Å²) in [5.41, 5.74) is 7.68. The van der Waals surface area contributed by atoms with Crippen LogP contribution in [0, 0.1) is 13.8 Å². The van der Waals surface area contributed by atoms with Crippen LogP contribution < -0.4 is 9.47 Å². The van der Waals surface area contributed by atoms with E-state index in [0.29, 0.717) is 17.4 Å². The molecule has 0 amide bonds. The molecule has 0 atom stereocenters. The van der Waals surface area contributed by atoms with Crippen molar-refractivity contribution >= 4 is 21.8 Å². The molecule has 0 N–H and O–H groups in total. The van der Waals surface area contributed by atoms with Crippen LogP contribution in [-0.4, -0.2) is 24.5 Å². The smallest absolute Gasteiger partial charge is 0.234 e. The molecule has 4 aromatic heterocycles. The fraction of sp³-hybridized carbons (Fsp3) is 0.0500. The second-order valence-electron chi connectivity index (χ2n) is 11.3. The van der Waals surface area contributed by atoms with Gasteiger partial charge >= 0.3 is 0 Å². The molecule has 0 saturated carbocycles. The first-order valence-electron chi connectivity index (χ1n) is 15.4. The Balaban J connectivity index is 1.21. The van der Waals surface area contributed by atoms with E-state index in [1.165, 1.54) is 0 Å². The van der Waals surface area contributed by atoms with Crippen molar-refractivity contribution in [2.75, 3.05) is 0 Å². The number of hydrogen-bond donors (Lipinski definition) is 0. The number of pyridine rings is 2. The standard InChI is InChI=1S/C40H29N5O2/c1-26-10-12-28(34-8-3-5-18-41-34)22-38(26)46-30-14-16-32-33-17-15-31(25-37(33)45(36(32)24-30)40-43-20-7-21-44-40)47-39-23-29(13-11-27(39)2)35-9-4-6-19-42-35/h3-25H,1-2H3. The lowest BCUT2D eigenvalue weighted by Crippen LogP contribution is -2.00. The van der Waals surface area contributed by atoms with Gasteiger partial charge in [-0.25, -0.2) is 9.97 Å². The Morgan fingerprint density at radius 1 is 0.468 bits per heavy atom. The first kappa shape index (κ1) is 28.2. The van der Waals surface area contributed by atoms with Crippen LogP contribution in [0.5, 0.6) is 23.0 Å². The fourth-order valence-electron chi connectivity index (χ4n) is 5.79. The molecule has 8 rings (SSSR count). The number of aryl methyl sites for hydroxylation is 2. The number of fused-ring (bicyclic) bond motifs is 3. The summed E-state index contributed by atoms with van der Waals surface area (Å²) in [6, 6.07) is 38.2. The number of benzene rings is 4. The van der Waals surface area contributed by atoms with E-state index in [4.69, 9.17) is 9.47 Å². The SMILES string of the molecule is Cc1ccc(-c2ccccn2)cc1Oc1ccc2c3ccc(Oc4cc(-c5ccccn5)ccc4C)cc3n(-c3ncccn3)c2c1. The Morgan fingerprint density at radius 2 is 0.957 bits per heavy atom. The third-order valence-corrected chi connectivity index (χ3v) is 8.22. The lowest BCUT2D eigenvalue weighted by atomic mass is 10.1. The molecule has 4 heterocycles. The lowest BCUT2D eigenvalue weighted by Gasteiger charge is -2.12. The van der Waals surface area contributed by atoms with Crippen molar-refractivity contribution in [3.05, 3.63) is 151 Å². The van der Waals surface area contributed by atoms with Crippen molar-refractivity contribution in [1.82, 2.24) is 24.5 Å². The molecule has 7 heteroatoms. The summed E-state index contributed by atoms with van der Waals surface area (Å²) in [5.74, 6) is 3.51. The molecule has 0 fully saturated rings. The highest BCUT2D eigenvalue weighted by Crippen LogP contribution is 2.38. The zero-order valence-electron chi connectivity index (χ0n) is 25.8. The van der Waals surface area contributed by atoms with E-state index in [1.54, 1.807) is 24.8 Å². The van der Waals surface area contributed by atoms with Crippen molar-refractivity contribution in [2.45, 2.75) is 13.8 Å². The molecule has 0 saturated heterocycles. The quantitative estimate of drug-likeness (QED) is 0.179. The molecule has 0 unspecified atom stereocenters. The van der Waals surface area contributed by atoms with Crippen LogP contribution in [0.1, 0.15) is 11.1 Å². The van der Waals surface area contributed by atoms with Crippen molar-refractivity contribution in [3.63, 3.8) is 0 Å². The molecule has 4 aromatic carbocycles. The van der Waals surface area contributed by atoms with Gasteiger partial charge in [-0.05, 0) is 91.7 Å². The van der Waals surface area contributed by atoms with E-state index in [-0.39, 0.29) is 0 Å². The maximum atomic E-state index is 6.52. The minimum atomic E-state index is 0.559. The number of hydrogen-bond acceptors (Lipinski definition) is 6. The molecule has 0 radical (unpaired) electrons. The van der Waals surface area contributed by atoms with E-state index in [0.717, 1.165) is 66.9 Å². The van der Waals surface area contributed by atoms with Crippen LogP contribution in [0.15, 0.2) is 140 Å². The van der Waals surface area contributed by atoms with Crippen LogP contribution in [0.3, 0.4) is 0 Å². The number of ether oxygens (including phenoxy) is 2. The predicted octanol–water partition coefficient (Wildman–Crippen LogP) is 9.90. The van der Waals surface area contributed by atoms with Crippen molar-refractivity contribution < 1.29 is 9.47 Å². The van der Waals surface area contributed by atoms with Crippen LogP contribution in [0.25, 0.3) is 50.3 Å². The van der Waals surface area contributed by atoms with Crippen LogP contribution >= 0.6 is 0 Å². The molecule has 226 valence electrons. The highest BCUT2D eigenvalue weighted by Gasteiger charge is 2.17. The van der Waals surface area contributed by atoms with E-state index in [1.807, 2.05) is 92.7 Å². The van der Waals surface area contributed by atoms with E-state index >= 15 is 0 Å². The first-order chi connectivity index (χ1) is 23.1. The average molecular weight is 612 g/mol. The summed E-state index contributed by atoms with van der Waals surface area (Å²) in [5, 5.41) is 2.11. The van der Waals surface area contributed by atoms with E-state index < -0.39 is 0 Å². The minimum Gasteiger partial charge on any atom is -0.457 e. The molecule has 0 aliphatic rings. The largest absolute Gasteiger partial charge is 0.457 e. The van der Waals surface area contributed by atoms with Gasteiger partial charge in [-0.15, -0.1) is 0 Å². The van der Waals surface area contributed by atoms with Gasteiger partial charge in [0, 0.05) is 58.8 Å². The Morgan fingerprint density at radius 3 is 1.43 bits per heavy atom. The lowest BCUT2D eigenvalue weighted by molar-refractivity contribution is 0.479. The van der Waals surface area contributed by atoms with E-state index in [2.05, 4.69) is 60.9 Å². The van der Waals surface area contributed by atoms with Gasteiger partial charge in [0.1, 0.15) is 23.0 Å². The van der Waals surface area contributed by atoms with Crippen molar-refractivity contribution in [1.29, 1.82) is 0 Å². The topological polar surface area (TPSA) is 75.0 Å². The van der Waals surface area contributed by atoms with Gasteiger partial charge in [-0.3, -0.25) is 14.5 Å². The van der Waals surface area contributed by atoms with Gasteiger partial charge in [-0.1, -0.05) is 36.4 Å². The molecule has 0 aliphatic carbocycles. The molecular weight excluding hydrogens is 582 g/mol. The highest BCUT2D eigenvalue weighted by molar-refractivity contribution is 6.09. The number of rotatable bonds is 7. The molecule has 0 aliphatic heterocycles. The zero-order chi connectivity index (χ0) is 31.7. The maximum absolute atomic E-state index is 6.52. The van der Waals surface area contributed by atoms with Crippen LogP contribution in [0.4, 0.5) is 0 Å².